The van der Waals surface area contributed by atoms with E-state index < -0.39 is 0 Å². The third-order valence-electron chi connectivity index (χ3n) is 3.92. The molecule has 1 aliphatic heterocycles. The fourth-order valence-electron chi connectivity index (χ4n) is 2.77. The number of rotatable bonds is 4. The Kier molecular flexibility index (Phi) is 5.04. The number of aryl methyl sites for hydroxylation is 1. The molecular weight excluding hydrogens is 260 g/mol. The zero-order chi connectivity index (χ0) is 15.5. The van der Waals surface area contributed by atoms with Crippen LogP contribution in [0.25, 0.3) is 0 Å². The molecule has 3 heteroatoms. The highest BCUT2D eigenvalue weighted by molar-refractivity contribution is 5.96. The maximum absolute atomic E-state index is 12.7. The fourth-order valence-corrected chi connectivity index (χ4v) is 2.77. The smallest absolute Gasteiger partial charge is 0.254 e. The third kappa shape index (κ3) is 4.57. The summed E-state index contributed by atoms with van der Waals surface area (Å²) in [6, 6.07) is 8.04. The van der Waals surface area contributed by atoms with Crippen molar-refractivity contribution < 1.29 is 4.79 Å². The summed E-state index contributed by atoms with van der Waals surface area (Å²) in [6.45, 7) is 11.4. The summed E-state index contributed by atoms with van der Waals surface area (Å²) in [4.78, 5) is 14.7. The van der Waals surface area contributed by atoms with Gasteiger partial charge in [0.15, 0.2) is 0 Å². The Labute approximate surface area is 128 Å². The van der Waals surface area contributed by atoms with E-state index in [0.717, 1.165) is 38.0 Å². The van der Waals surface area contributed by atoms with Crippen LogP contribution in [-0.2, 0) is 6.42 Å². The second-order valence-corrected chi connectivity index (χ2v) is 7.25. The molecule has 1 aromatic rings. The zero-order valence-electron chi connectivity index (χ0n) is 13.8. The summed E-state index contributed by atoms with van der Waals surface area (Å²) in [6.07, 6.45) is 2.06. The predicted octanol–water partition coefficient (Wildman–Crippen LogP) is 3.10. The Bertz CT molecular complexity index is 490. The van der Waals surface area contributed by atoms with Crippen molar-refractivity contribution in [3.63, 3.8) is 0 Å². The van der Waals surface area contributed by atoms with Gasteiger partial charge in [-0.15, -0.1) is 0 Å². The van der Waals surface area contributed by atoms with Gasteiger partial charge in [0.1, 0.15) is 0 Å². The largest absolute Gasteiger partial charge is 0.338 e. The minimum Gasteiger partial charge on any atom is -0.338 e. The van der Waals surface area contributed by atoms with Gasteiger partial charge in [0.25, 0.3) is 5.91 Å². The monoisotopic (exact) mass is 288 g/mol. The maximum atomic E-state index is 12.7. The molecule has 21 heavy (non-hydrogen) atoms. The van der Waals surface area contributed by atoms with Gasteiger partial charge in [0.05, 0.1) is 0 Å². The van der Waals surface area contributed by atoms with E-state index in [-0.39, 0.29) is 11.4 Å². The molecule has 1 amide bonds. The SMILES string of the molecule is CC(CNC(C)(C)C)CN1CCCc2ccccc2C1=O. The normalized spacial score (nSPS) is 17.3. The summed E-state index contributed by atoms with van der Waals surface area (Å²) >= 11 is 0. The lowest BCUT2D eigenvalue weighted by atomic mass is 10.0. The number of hydrogen-bond acceptors (Lipinski definition) is 2. The first kappa shape index (κ1) is 16.0. The van der Waals surface area contributed by atoms with Crippen LogP contribution in [0.2, 0.25) is 0 Å². The van der Waals surface area contributed by atoms with Crippen LogP contribution in [-0.4, -0.2) is 36.0 Å². The molecule has 3 nitrogen and oxygen atoms in total. The molecule has 0 saturated carbocycles. The molecule has 116 valence electrons. The lowest BCUT2D eigenvalue weighted by molar-refractivity contribution is 0.0736. The summed E-state index contributed by atoms with van der Waals surface area (Å²) < 4.78 is 0. The van der Waals surface area contributed by atoms with Crippen molar-refractivity contribution in [3.05, 3.63) is 35.4 Å². The van der Waals surface area contributed by atoms with Crippen LogP contribution in [0.15, 0.2) is 24.3 Å². The number of benzene rings is 1. The van der Waals surface area contributed by atoms with Crippen molar-refractivity contribution in [2.24, 2.45) is 5.92 Å². The summed E-state index contributed by atoms with van der Waals surface area (Å²) in [5.74, 6) is 0.657. The molecule has 0 saturated heterocycles. The molecule has 0 radical (unpaired) electrons. The number of carbonyl (C=O) groups is 1. The average Bonchev–Trinajstić information content (AvgIpc) is 2.57. The van der Waals surface area contributed by atoms with Crippen LogP contribution in [0.4, 0.5) is 0 Å². The Morgan fingerprint density at radius 2 is 2.00 bits per heavy atom. The standard InChI is InChI=1S/C18H28N2O/c1-14(12-19-18(2,3)4)13-20-11-7-9-15-8-5-6-10-16(15)17(20)21/h5-6,8,10,14,19H,7,9,11-13H2,1-4H3. The molecule has 1 atom stereocenters. The van der Waals surface area contributed by atoms with Crippen molar-refractivity contribution in [1.29, 1.82) is 0 Å². The van der Waals surface area contributed by atoms with E-state index in [1.807, 2.05) is 23.1 Å². The zero-order valence-corrected chi connectivity index (χ0v) is 13.8. The van der Waals surface area contributed by atoms with Gasteiger partial charge in [0.2, 0.25) is 0 Å². The highest BCUT2D eigenvalue weighted by Crippen LogP contribution is 2.19. The second-order valence-electron chi connectivity index (χ2n) is 7.25. The highest BCUT2D eigenvalue weighted by Gasteiger charge is 2.23. The molecule has 0 bridgehead atoms. The van der Waals surface area contributed by atoms with Crippen LogP contribution < -0.4 is 5.32 Å². The molecule has 0 aromatic heterocycles. The lowest BCUT2D eigenvalue weighted by Gasteiger charge is -2.28. The topological polar surface area (TPSA) is 32.3 Å². The Morgan fingerprint density at radius 1 is 1.29 bits per heavy atom. The van der Waals surface area contributed by atoms with Crippen molar-refractivity contribution in [1.82, 2.24) is 10.2 Å². The molecule has 0 aliphatic carbocycles. The molecule has 1 aromatic carbocycles. The molecule has 2 rings (SSSR count). The number of amides is 1. The van der Waals surface area contributed by atoms with Crippen LogP contribution in [0, 0.1) is 5.92 Å². The quantitative estimate of drug-likeness (QED) is 0.923. The average molecular weight is 288 g/mol. The van der Waals surface area contributed by atoms with Gasteiger partial charge in [-0.25, -0.2) is 0 Å². The number of nitrogens with one attached hydrogen (secondary N) is 1. The molecular formula is C18H28N2O. The number of nitrogens with zero attached hydrogens (tertiary/aromatic N) is 1. The second kappa shape index (κ2) is 6.61. The van der Waals surface area contributed by atoms with Crippen LogP contribution >= 0.6 is 0 Å². The van der Waals surface area contributed by atoms with E-state index in [2.05, 4.69) is 39.1 Å². The van der Waals surface area contributed by atoms with Crippen LogP contribution in [0.3, 0.4) is 0 Å². The van der Waals surface area contributed by atoms with E-state index >= 15 is 0 Å². The van der Waals surface area contributed by atoms with E-state index in [9.17, 15) is 4.79 Å². The van der Waals surface area contributed by atoms with Gasteiger partial charge in [0, 0.05) is 24.2 Å². The van der Waals surface area contributed by atoms with Crippen molar-refractivity contribution in [3.8, 4) is 0 Å². The highest BCUT2D eigenvalue weighted by atomic mass is 16.2. The van der Waals surface area contributed by atoms with Gasteiger partial charge in [-0.2, -0.15) is 0 Å². The first-order valence-corrected chi connectivity index (χ1v) is 7.99. The minimum atomic E-state index is 0.129. The Morgan fingerprint density at radius 3 is 2.71 bits per heavy atom. The summed E-state index contributed by atoms with van der Waals surface area (Å²) in [5, 5.41) is 3.52. The van der Waals surface area contributed by atoms with Crippen molar-refractivity contribution in [2.45, 2.75) is 46.1 Å². The first-order valence-electron chi connectivity index (χ1n) is 7.99. The van der Waals surface area contributed by atoms with Crippen LogP contribution in [0.1, 0.15) is 50.0 Å². The minimum absolute atomic E-state index is 0.129. The molecule has 1 aliphatic rings. The number of hydrogen-bond donors (Lipinski definition) is 1. The Balaban J connectivity index is 1.99. The molecule has 1 unspecified atom stereocenters. The third-order valence-corrected chi connectivity index (χ3v) is 3.92. The van der Waals surface area contributed by atoms with E-state index in [4.69, 9.17) is 0 Å². The van der Waals surface area contributed by atoms with Gasteiger partial charge >= 0.3 is 0 Å². The molecule has 1 heterocycles. The van der Waals surface area contributed by atoms with E-state index in [1.165, 1.54) is 5.56 Å². The van der Waals surface area contributed by atoms with Gasteiger partial charge in [-0.05, 0) is 57.7 Å². The van der Waals surface area contributed by atoms with Crippen molar-refractivity contribution >= 4 is 5.91 Å². The van der Waals surface area contributed by atoms with E-state index in [0.29, 0.717) is 5.92 Å². The van der Waals surface area contributed by atoms with Gasteiger partial charge < -0.3 is 10.2 Å². The van der Waals surface area contributed by atoms with Crippen LogP contribution in [0.5, 0.6) is 0 Å². The van der Waals surface area contributed by atoms with E-state index in [1.54, 1.807) is 0 Å². The van der Waals surface area contributed by atoms with Gasteiger partial charge in [-0.1, -0.05) is 25.1 Å². The molecule has 0 fully saturated rings. The fraction of sp³-hybridized carbons (Fsp3) is 0.611. The molecule has 0 spiro atoms. The Hall–Kier alpha value is -1.35. The first-order chi connectivity index (χ1) is 9.87. The number of carbonyl (C=O) groups excluding carboxylic acids is 1. The molecule has 1 N–H and O–H groups in total. The lowest BCUT2D eigenvalue weighted by Crippen LogP contribution is -2.42. The predicted molar refractivity (Wildman–Crippen MR) is 87.6 cm³/mol. The maximum Gasteiger partial charge on any atom is 0.254 e. The number of fused-ring (bicyclic) bond motifs is 1. The van der Waals surface area contributed by atoms with Gasteiger partial charge in [-0.3, -0.25) is 4.79 Å². The van der Waals surface area contributed by atoms with Crippen molar-refractivity contribution in [2.75, 3.05) is 19.6 Å². The summed E-state index contributed by atoms with van der Waals surface area (Å²) in [5.41, 5.74) is 2.22. The summed E-state index contributed by atoms with van der Waals surface area (Å²) in [7, 11) is 0.